The van der Waals surface area contributed by atoms with Crippen molar-refractivity contribution in [2.75, 3.05) is 0 Å². The van der Waals surface area contributed by atoms with Crippen molar-refractivity contribution in [2.45, 2.75) is 0 Å². The number of benzene rings is 8. The number of hydrogen-bond donors (Lipinski definition) is 0. The average molecular weight is 626 g/mol. The van der Waals surface area contributed by atoms with Crippen molar-refractivity contribution >= 4 is 54.3 Å². The lowest BCUT2D eigenvalue weighted by molar-refractivity contribution is 0.669. The first-order valence-corrected chi connectivity index (χ1v) is 16.4. The van der Waals surface area contributed by atoms with Crippen LogP contribution in [-0.4, -0.2) is 15.0 Å². The molecule has 0 saturated carbocycles. The molecule has 10 aromatic rings. The molecule has 0 saturated heterocycles. The Labute approximate surface area is 282 Å². The van der Waals surface area contributed by atoms with Crippen molar-refractivity contribution in [3.05, 3.63) is 164 Å². The largest absolute Gasteiger partial charge is 0.456 e. The Balaban J connectivity index is 1.12. The topological polar surface area (TPSA) is 51.8 Å². The van der Waals surface area contributed by atoms with Crippen LogP contribution in [0.25, 0.3) is 99.5 Å². The minimum Gasteiger partial charge on any atom is -0.456 e. The minimum atomic E-state index is 0.653. The molecular weight excluding hydrogens is 599 g/mol. The van der Waals surface area contributed by atoms with Gasteiger partial charge < -0.3 is 4.42 Å². The first-order valence-electron chi connectivity index (χ1n) is 16.4. The van der Waals surface area contributed by atoms with Gasteiger partial charge in [0.1, 0.15) is 11.2 Å². The van der Waals surface area contributed by atoms with Gasteiger partial charge in [-0.15, -0.1) is 0 Å². The van der Waals surface area contributed by atoms with Gasteiger partial charge in [0.2, 0.25) is 0 Å². The summed E-state index contributed by atoms with van der Waals surface area (Å²) in [6.45, 7) is 0. The molecule has 0 N–H and O–H groups in total. The van der Waals surface area contributed by atoms with Crippen LogP contribution in [0.15, 0.2) is 168 Å². The van der Waals surface area contributed by atoms with E-state index in [9.17, 15) is 0 Å². The summed E-state index contributed by atoms with van der Waals surface area (Å²) in [5.41, 5.74) is 7.07. The monoisotopic (exact) mass is 625 g/mol. The van der Waals surface area contributed by atoms with Gasteiger partial charge in [-0.3, -0.25) is 0 Å². The Morgan fingerprint density at radius 2 is 0.939 bits per heavy atom. The van der Waals surface area contributed by atoms with Crippen LogP contribution in [0.5, 0.6) is 0 Å². The molecule has 0 fully saturated rings. The standard InChI is InChI=1S/C45H27N3O/c1-3-11-28(12-4-1)43-46-44(29-13-5-2-6-14-29)48-45(47-43)38-19-9-15-30-25-31(21-23-34(30)38)33-17-10-18-35-36(33)24-22-32-26-42-40(27-39(32)35)37-16-7-8-20-41(37)49-42/h1-27H. The zero-order valence-electron chi connectivity index (χ0n) is 26.3. The molecule has 0 unspecified atom stereocenters. The van der Waals surface area contributed by atoms with Crippen LogP contribution in [0, 0.1) is 0 Å². The molecule has 2 aromatic heterocycles. The second kappa shape index (κ2) is 11.0. The van der Waals surface area contributed by atoms with E-state index in [1.54, 1.807) is 0 Å². The molecule has 0 radical (unpaired) electrons. The summed E-state index contributed by atoms with van der Waals surface area (Å²) in [5, 5.41) is 9.34. The van der Waals surface area contributed by atoms with Gasteiger partial charge >= 0.3 is 0 Å². The zero-order chi connectivity index (χ0) is 32.3. The van der Waals surface area contributed by atoms with E-state index in [1.165, 1.54) is 27.1 Å². The second-order valence-corrected chi connectivity index (χ2v) is 12.4. The fourth-order valence-electron chi connectivity index (χ4n) is 7.14. The summed E-state index contributed by atoms with van der Waals surface area (Å²) in [7, 11) is 0. The van der Waals surface area contributed by atoms with Crippen LogP contribution < -0.4 is 0 Å². The lowest BCUT2D eigenvalue weighted by Crippen LogP contribution is -2.00. The second-order valence-electron chi connectivity index (χ2n) is 12.4. The van der Waals surface area contributed by atoms with Crippen LogP contribution in [-0.2, 0) is 0 Å². The fourth-order valence-corrected chi connectivity index (χ4v) is 7.14. The fraction of sp³-hybridized carbons (Fsp3) is 0. The Morgan fingerprint density at radius 1 is 0.306 bits per heavy atom. The smallest absolute Gasteiger partial charge is 0.164 e. The summed E-state index contributed by atoms with van der Waals surface area (Å²) >= 11 is 0. The van der Waals surface area contributed by atoms with Crippen molar-refractivity contribution in [1.29, 1.82) is 0 Å². The third-order valence-electron chi connectivity index (χ3n) is 9.51. The van der Waals surface area contributed by atoms with Gasteiger partial charge in [0.15, 0.2) is 17.5 Å². The Kier molecular flexibility index (Phi) is 6.15. The number of fused-ring (bicyclic) bond motifs is 7. The molecule has 0 atom stereocenters. The van der Waals surface area contributed by atoms with Crippen molar-refractivity contribution in [3.63, 3.8) is 0 Å². The van der Waals surface area contributed by atoms with E-state index in [2.05, 4.69) is 91.0 Å². The average Bonchev–Trinajstić information content (AvgIpc) is 3.54. The van der Waals surface area contributed by atoms with E-state index in [1.807, 2.05) is 72.8 Å². The summed E-state index contributed by atoms with van der Waals surface area (Å²) in [6, 6.07) is 57.0. The molecule has 0 aliphatic heterocycles. The van der Waals surface area contributed by atoms with E-state index in [4.69, 9.17) is 19.4 Å². The lowest BCUT2D eigenvalue weighted by Gasteiger charge is -2.13. The molecule has 0 amide bonds. The molecule has 4 heteroatoms. The van der Waals surface area contributed by atoms with E-state index < -0.39 is 0 Å². The van der Waals surface area contributed by atoms with Crippen LogP contribution >= 0.6 is 0 Å². The molecule has 10 rings (SSSR count). The maximum atomic E-state index is 6.19. The number of hydrogen-bond acceptors (Lipinski definition) is 4. The van der Waals surface area contributed by atoms with Crippen molar-refractivity contribution < 1.29 is 4.42 Å². The summed E-state index contributed by atoms with van der Waals surface area (Å²) < 4.78 is 6.19. The normalized spacial score (nSPS) is 11.7. The first-order chi connectivity index (χ1) is 24.3. The number of para-hydroxylation sites is 1. The van der Waals surface area contributed by atoms with Crippen LogP contribution in [0.1, 0.15) is 0 Å². The quantitative estimate of drug-likeness (QED) is 0.183. The number of furan rings is 1. The van der Waals surface area contributed by atoms with Gasteiger partial charge in [0, 0.05) is 27.5 Å². The molecule has 8 aromatic carbocycles. The summed E-state index contributed by atoms with van der Waals surface area (Å²) in [5.74, 6) is 1.96. The summed E-state index contributed by atoms with van der Waals surface area (Å²) in [6.07, 6.45) is 0. The van der Waals surface area contributed by atoms with Gasteiger partial charge in [-0.1, -0.05) is 140 Å². The molecule has 49 heavy (non-hydrogen) atoms. The highest BCUT2D eigenvalue weighted by Crippen LogP contribution is 2.39. The minimum absolute atomic E-state index is 0.653. The number of nitrogens with zero attached hydrogens (tertiary/aromatic N) is 3. The maximum Gasteiger partial charge on any atom is 0.164 e. The first kappa shape index (κ1) is 27.5. The van der Waals surface area contributed by atoms with Crippen LogP contribution in [0.2, 0.25) is 0 Å². The highest BCUT2D eigenvalue weighted by Gasteiger charge is 2.16. The van der Waals surface area contributed by atoms with Gasteiger partial charge in [-0.2, -0.15) is 0 Å². The van der Waals surface area contributed by atoms with E-state index >= 15 is 0 Å². The van der Waals surface area contributed by atoms with Crippen molar-refractivity contribution in [1.82, 2.24) is 15.0 Å². The van der Waals surface area contributed by atoms with Gasteiger partial charge in [-0.05, 0) is 67.7 Å². The molecule has 228 valence electrons. The highest BCUT2D eigenvalue weighted by atomic mass is 16.3. The predicted molar refractivity (Wildman–Crippen MR) is 201 cm³/mol. The van der Waals surface area contributed by atoms with E-state index in [0.717, 1.165) is 55.0 Å². The van der Waals surface area contributed by atoms with Crippen LogP contribution in [0.4, 0.5) is 0 Å². The zero-order valence-corrected chi connectivity index (χ0v) is 26.3. The molecule has 0 aliphatic carbocycles. The molecular formula is C45H27N3O. The van der Waals surface area contributed by atoms with E-state index in [-0.39, 0.29) is 0 Å². The van der Waals surface area contributed by atoms with Crippen LogP contribution in [0.3, 0.4) is 0 Å². The van der Waals surface area contributed by atoms with E-state index in [0.29, 0.717) is 17.5 Å². The van der Waals surface area contributed by atoms with Gasteiger partial charge in [0.25, 0.3) is 0 Å². The van der Waals surface area contributed by atoms with Gasteiger partial charge in [0.05, 0.1) is 0 Å². The maximum absolute atomic E-state index is 6.19. The third-order valence-corrected chi connectivity index (χ3v) is 9.51. The highest BCUT2D eigenvalue weighted by molar-refractivity contribution is 6.18. The number of aromatic nitrogens is 3. The molecule has 4 nitrogen and oxygen atoms in total. The van der Waals surface area contributed by atoms with Crippen molar-refractivity contribution in [2.24, 2.45) is 0 Å². The summed E-state index contributed by atoms with van der Waals surface area (Å²) in [4.78, 5) is 14.9. The number of rotatable bonds is 4. The predicted octanol–water partition coefficient (Wildman–Crippen LogP) is 11.9. The lowest BCUT2D eigenvalue weighted by atomic mass is 9.92. The Bertz CT molecular complexity index is 2820. The van der Waals surface area contributed by atoms with Crippen molar-refractivity contribution in [3.8, 4) is 45.3 Å². The Hall–Kier alpha value is -6.65. The molecule has 0 aliphatic rings. The molecule has 0 spiro atoms. The third kappa shape index (κ3) is 4.57. The molecule has 2 heterocycles. The Morgan fingerprint density at radius 3 is 1.73 bits per heavy atom. The van der Waals surface area contributed by atoms with Gasteiger partial charge in [-0.25, -0.2) is 15.0 Å². The molecule has 0 bridgehead atoms. The SMILES string of the molecule is c1ccc(-c2nc(-c3ccccc3)nc(-c3cccc4cc(-c5cccc6c5ccc5cc7oc8ccccc8c7cc56)ccc34)n2)cc1.